The van der Waals surface area contributed by atoms with Crippen molar-refractivity contribution in [3.05, 3.63) is 65.2 Å². The lowest BCUT2D eigenvalue weighted by Gasteiger charge is -2.21. The third-order valence-electron chi connectivity index (χ3n) is 4.32. The number of likely N-dealkylation sites (N-methyl/N-ethyl adjacent to an activating group) is 1. The van der Waals surface area contributed by atoms with Gasteiger partial charge in [0.25, 0.3) is 0 Å². The lowest BCUT2D eigenvalue weighted by Crippen LogP contribution is -2.38. The van der Waals surface area contributed by atoms with Gasteiger partial charge in [0, 0.05) is 13.0 Å². The molecule has 0 heterocycles. The van der Waals surface area contributed by atoms with Crippen LogP contribution in [0, 0.1) is 6.92 Å². The van der Waals surface area contributed by atoms with Gasteiger partial charge in [-0.25, -0.2) is 0 Å². The van der Waals surface area contributed by atoms with Crippen LogP contribution in [-0.4, -0.2) is 29.8 Å². The summed E-state index contributed by atoms with van der Waals surface area (Å²) in [6.45, 7) is 3.69. The first-order valence-corrected chi connectivity index (χ1v) is 9.00. The number of nitrogens with one attached hydrogen (secondary N) is 1. The molecule has 1 N–H and O–H groups in total. The van der Waals surface area contributed by atoms with Crippen LogP contribution in [0.3, 0.4) is 0 Å². The van der Waals surface area contributed by atoms with Gasteiger partial charge in [0.15, 0.2) is 0 Å². The second kappa shape index (κ2) is 9.39. The molecule has 7 heteroatoms. The lowest BCUT2D eigenvalue weighted by molar-refractivity contribution is -0.137. The standard InChI is InChI=1S/C21H23F3N2O2/c1-3-26(20(28)13-12-16-10-8-15(2)9-11-16)14-19(27)25-18-7-5-4-6-17(18)21(22,23)24/h4-11H,3,12-14H2,1-2H3,(H,25,27). The summed E-state index contributed by atoms with van der Waals surface area (Å²) in [6.07, 6.45) is -3.81. The number of carbonyl (C=O) groups excluding carboxylic acids is 2. The Morgan fingerprint density at radius 2 is 1.68 bits per heavy atom. The van der Waals surface area contributed by atoms with Gasteiger partial charge >= 0.3 is 6.18 Å². The van der Waals surface area contributed by atoms with E-state index in [1.54, 1.807) is 6.92 Å². The maximum absolute atomic E-state index is 13.0. The van der Waals surface area contributed by atoms with E-state index in [2.05, 4.69) is 5.32 Å². The summed E-state index contributed by atoms with van der Waals surface area (Å²) < 4.78 is 39.1. The predicted octanol–water partition coefficient (Wildman–Crippen LogP) is 4.43. The fourth-order valence-electron chi connectivity index (χ4n) is 2.74. The Hall–Kier alpha value is -2.83. The van der Waals surface area contributed by atoms with Crippen molar-refractivity contribution in [2.45, 2.75) is 32.9 Å². The Labute approximate surface area is 162 Å². The van der Waals surface area contributed by atoms with Crippen molar-refractivity contribution in [3.8, 4) is 0 Å². The summed E-state index contributed by atoms with van der Waals surface area (Å²) in [6, 6.07) is 12.6. The highest BCUT2D eigenvalue weighted by Crippen LogP contribution is 2.34. The number of amides is 2. The fraction of sp³-hybridized carbons (Fsp3) is 0.333. The Balaban J connectivity index is 1.95. The molecule has 2 amide bonds. The third-order valence-corrected chi connectivity index (χ3v) is 4.32. The number of hydrogen-bond donors (Lipinski definition) is 1. The zero-order valence-electron chi connectivity index (χ0n) is 15.8. The number of alkyl halides is 3. The highest BCUT2D eigenvalue weighted by Gasteiger charge is 2.33. The van der Waals surface area contributed by atoms with Crippen LogP contribution in [0.15, 0.2) is 48.5 Å². The predicted molar refractivity (Wildman–Crippen MR) is 102 cm³/mol. The normalized spacial score (nSPS) is 11.2. The molecule has 2 aromatic rings. The molecule has 0 fully saturated rings. The average Bonchev–Trinajstić information content (AvgIpc) is 2.65. The molecule has 0 spiro atoms. The van der Waals surface area contributed by atoms with Crippen LogP contribution in [0.2, 0.25) is 0 Å². The quantitative estimate of drug-likeness (QED) is 0.758. The summed E-state index contributed by atoms with van der Waals surface area (Å²) in [4.78, 5) is 25.9. The number of hydrogen-bond acceptors (Lipinski definition) is 2. The smallest absolute Gasteiger partial charge is 0.334 e. The first-order valence-electron chi connectivity index (χ1n) is 9.00. The third kappa shape index (κ3) is 6.11. The van der Waals surface area contributed by atoms with E-state index in [1.807, 2.05) is 31.2 Å². The van der Waals surface area contributed by atoms with Crippen molar-refractivity contribution in [1.82, 2.24) is 4.90 Å². The monoisotopic (exact) mass is 392 g/mol. The topological polar surface area (TPSA) is 49.4 Å². The van der Waals surface area contributed by atoms with E-state index in [1.165, 1.54) is 23.1 Å². The molecule has 0 atom stereocenters. The second-order valence-corrected chi connectivity index (χ2v) is 6.49. The van der Waals surface area contributed by atoms with Crippen molar-refractivity contribution < 1.29 is 22.8 Å². The molecule has 0 saturated carbocycles. The minimum atomic E-state index is -4.57. The zero-order valence-corrected chi connectivity index (χ0v) is 15.8. The summed E-state index contributed by atoms with van der Waals surface area (Å²) in [5.74, 6) is -0.885. The van der Waals surface area contributed by atoms with Crippen molar-refractivity contribution in [2.24, 2.45) is 0 Å². The molecule has 2 aromatic carbocycles. The summed E-state index contributed by atoms with van der Waals surface area (Å²) in [7, 11) is 0. The van der Waals surface area contributed by atoms with Gasteiger partial charge in [-0.1, -0.05) is 42.0 Å². The summed E-state index contributed by atoms with van der Waals surface area (Å²) >= 11 is 0. The summed E-state index contributed by atoms with van der Waals surface area (Å²) in [5.41, 5.74) is 0.903. The molecule has 0 aliphatic heterocycles. The van der Waals surface area contributed by atoms with Crippen molar-refractivity contribution >= 4 is 17.5 Å². The Morgan fingerprint density at radius 1 is 1.04 bits per heavy atom. The number of aryl methyl sites for hydroxylation is 2. The van der Waals surface area contributed by atoms with Crippen LogP contribution in [0.5, 0.6) is 0 Å². The zero-order chi connectivity index (χ0) is 20.7. The Bertz CT molecular complexity index is 817. The van der Waals surface area contributed by atoms with Gasteiger partial charge < -0.3 is 10.2 Å². The molecule has 0 saturated heterocycles. The fourth-order valence-corrected chi connectivity index (χ4v) is 2.74. The van der Waals surface area contributed by atoms with Gasteiger partial charge in [0.05, 0.1) is 17.8 Å². The molecule has 0 unspecified atom stereocenters. The number of para-hydroxylation sites is 1. The summed E-state index contributed by atoms with van der Waals surface area (Å²) in [5, 5.41) is 2.26. The molecule has 0 radical (unpaired) electrons. The molecular formula is C21H23F3N2O2. The molecule has 0 aliphatic carbocycles. The van der Waals surface area contributed by atoms with Crippen molar-refractivity contribution in [1.29, 1.82) is 0 Å². The first-order chi connectivity index (χ1) is 13.2. The van der Waals surface area contributed by atoms with E-state index in [4.69, 9.17) is 0 Å². The Morgan fingerprint density at radius 3 is 2.29 bits per heavy atom. The van der Waals surface area contributed by atoms with Crippen molar-refractivity contribution in [2.75, 3.05) is 18.4 Å². The molecule has 4 nitrogen and oxygen atoms in total. The number of rotatable bonds is 7. The molecule has 0 aliphatic rings. The first kappa shape index (κ1) is 21.5. The average molecular weight is 392 g/mol. The van der Waals surface area contributed by atoms with Crippen LogP contribution < -0.4 is 5.32 Å². The van der Waals surface area contributed by atoms with E-state index in [-0.39, 0.29) is 24.6 Å². The van der Waals surface area contributed by atoms with E-state index >= 15 is 0 Å². The van der Waals surface area contributed by atoms with Gasteiger partial charge in [0.2, 0.25) is 11.8 Å². The molecule has 0 aromatic heterocycles. The highest BCUT2D eigenvalue weighted by molar-refractivity contribution is 5.95. The molecule has 150 valence electrons. The number of benzene rings is 2. The molecule has 0 bridgehead atoms. The van der Waals surface area contributed by atoms with Gasteiger partial charge in [-0.2, -0.15) is 13.2 Å². The lowest BCUT2D eigenvalue weighted by atomic mass is 10.1. The number of anilines is 1. The van der Waals surface area contributed by atoms with Crippen LogP contribution in [-0.2, 0) is 22.2 Å². The van der Waals surface area contributed by atoms with Gasteiger partial charge in [-0.3, -0.25) is 9.59 Å². The van der Waals surface area contributed by atoms with E-state index in [0.29, 0.717) is 13.0 Å². The van der Waals surface area contributed by atoms with Gasteiger partial charge in [0.1, 0.15) is 0 Å². The van der Waals surface area contributed by atoms with Crippen LogP contribution >= 0.6 is 0 Å². The second-order valence-electron chi connectivity index (χ2n) is 6.49. The molecular weight excluding hydrogens is 369 g/mol. The SMILES string of the molecule is CCN(CC(=O)Nc1ccccc1C(F)(F)F)C(=O)CCc1ccc(C)cc1. The largest absolute Gasteiger partial charge is 0.418 e. The van der Waals surface area contributed by atoms with Crippen LogP contribution in [0.1, 0.15) is 30.0 Å². The molecule has 28 heavy (non-hydrogen) atoms. The minimum Gasteiger partial charge on any atom is -0.334 e. The van der Waals surface area contributed by atoms with Gasteiger partial charge in [-0.15, -0.1) is 0 Å². The highest BCUT2D eigenvalue weighted by atomic mass is 19.4. The van der Waals surface area contributed by atoms with Crippen LogP contribution in [0.4, 0.5) is 18.9 Å². The number of carbonyl (C=O) groups is 2. The minimum absolute atomic E-state index is 0.220. The van der Waals surface area contributed by atoms with E-state index in [9.17, 15) is 22.8 Å². The van der Waals surface area contributed by atoms with Crippen LogP contribution in [0.25, 0.3) is 0 Å². The van der Waals surface area contributed by atoms with E-state index in [0.717, 1.165) is 17.2 Å². The van der Waals surface area contributed by atoms with Gasteiger partial charge in [-0.05, 0) is 38.0 Å². The van der Waals surface area contributed by atoms with E-state index < -0.39 is 17.6 Å². The maximum Gasteiger partial charge on any atom is 0.418 e. The van der Waals surface area contributed by atoms with Crippen molar-refractivity contribution in [3.63, 3.8) is 0 Å². The molecule has 2 rings (SSSR count). The Kier molecular flexibility index (Phi) is 7.20. The number of nitrogens with zero attached hydrogens (tertiary/aromatic N) is 1. The number of halogens is 3. The maximum atomic E-state index is 13.0.